The maximum absolute atomic E-state index is 11.9. The molecular formula is C15H14N2O3. The van der Waals surface area contributed by atoms with Gasteiger partial charge < -0.3 is 4.42 Å². The van der Waals surface area contributed by atoms with Gasteiger partial charge in [-0.2, -0.15) is 5.10 Å². The Bertz CT molecular complexity index is 757. The van der Waals surface area contributed by atoms with Crippen LogP contribution in [-0.2, 0) is 4.79 Å². The van der Waals surface area contributed by atoms with Crippen LogP contribution in [0.1, 0.15) is 25.3 Å². The summed E-state index contributed by atoms with van der Waals surface area (Å²) in [5.41, 5.74) is 3.38. The molecule has 1 fully saturated rings. The van der Waals surface area contributed by atoms with Crippen molar-refractivity contribution in [1.82, 2.24) is 5.43 Å². The normalized spacial score (nSPS) is 15.3. The Morgan fingerprint density at radius 3 is 2.85 bits per heavy atom. The number of para-hydroxylation sites is 1. The number of hydrazone groups is 1. The van der Waals surface area contributed by atoms with E-state index in [9.17, 15) is 9.59 Å². The topological polar surface area (TPSA) is 71.7 Å². The monoisotopic (exact) mass is 270 g/mol. The highest BCUT2D eigenvalue weighted by atomic mass is 16.4. The molecule has 102 valence electrons. The molecule has 1 aromatic heterocycles. The maximum atomic E-state index is 11.9. The number of rotatable bonds is 3. The summed E-state index contributed by atoms with van der Waals surface area (Å²) in [5, 5.41) is 4.80. The van der Waals surface area contributed by atoms with Gasteiger partial charge in [0, 0.05) is 11.3 Å². The molecule has 0 bridgehead atoms. The van der Waals surface area contributed by atoms with Gasteiger partial charge in [0.1, 0.15) is 5.58 Å². The fraction of sp³-hybridized carbons (Fsp3) is 0.267. The number of amides is 1. The van der Waals surface area contributed by atoms with Gasteiger partial charge in [-0.15, -0.1) is 0 Å². The number of benzene rings is 1. The Kier molecular flexibility index (Phi) is 3.10. The molecular weight excluding hydrogens is 256 g/mol. The summed E-state index contributed by atoms with van der Waals surface area (Å²) >= 11 is 0. The zero-order chi connectivity index (χ0) is 14.1. The van der Waals surface area contributed by atoms with Crippen molar-refractivity contribution in [3.05, 3.63) is 46.3 Å². The van der Waals surface area contributed by atoms with E-state index >= 15 is 0 Å². The fourth-order valence-electron chi connectivity index (χ4n) is 1.95. The summed E-state index contributed by atoms with van der Waals surface area (Å²) in [6, 6.07) is 9.00. The summed E-state index contributed by atoms with van der Waals surface area (Å²) in [5.74, 6) is -0.00547. The average molecular weight is 270 g/mol. The van der Waals surface area contributed by atoms with Gasteiger partial charge in [0.2, 0.25) is 5.91 Å². The molecule has 1 amide bonds. The van der Waals surface area contributed by atoms with Crippen LogP contribution in [0.3, 0.4) is 0 Å². The molecule has 1 heterocycles. The van der Waals surface area contributed by atoms with E-state index in [1.165, 1.54) is 0 Å². The average Bonchev–Trinajstić information content (AvgIpc) is 3.28. The van der Waals surface area contributed by atoms with E-state index in [1.54, 1.807) is 19.1 Å². The number of carbonyl (C=O) groups is 1. The molecule has 5 nitrogen and oxygen atoms in total. The Morgan fingerprint density at radius 2 is 2.10 bits per heavy atom. The molecule has 2 aromatic rings. The van der Waals surface area contributed by atoms with Crippen LogP contribution in [0.2, 0.25) is 0 Å². The summed E-state index contributed by atoms with van der Waals surface area (Å²) in [6.45, 7) is 1.67. The van der Waals surface area contributed by atoms with Gasteiger partial charge in [-0.3, -0.25) is 4.79 Å². The first-order valence-corrected chi connectivity index (χ1v) is 6.52. The lowest BCUT2D eigenvalue weighted by molar-refractivity contribution is -0.122. The number of fused-ring (bicyclic) bond motifs is 1. The maximum Gasteiger partial charge on any atom is 0.345 e. The lowest BCUT2D eigenvalue weighted by Gasteiger charge is -2.02. The minimum absolute atomic E-state index is 0.0829. The Balaban J connectivity index is 1.91. The molecule has 3 rings (SSSR count). The third kappa shape index (κ3) is 2.47. The molecule has 1 N–H and O–H groups in total. The van der Waals surface area contributed by atoms with Crippen LogP contribution in [0.25, 0.3) is 11.0 Å². The van der Waals surface area contributed by atoms with Gasteiger partial charge in [0.05, 0.1) is 11.3 Å². The minimum Gasteiger partial charge on any atom is -0.422 e. The van der Waals surface area contributed by atoms with Crippen LogP contribution in [0.15, 0.2) is 44.6 Å². The molecule has 0 saturated heterocycles. The summed E-state index contributed by atoms with van der Waals surface area (Å²) in [6.07, 6.45) is 1.83. The lowest BCUT2D eigenvalue weighted by Crippen LogP contribution is -2.22. The second-order valence-electron chi connectivity index (χ2n) is 4.93. The molecule has 1 aliphatic carbocycles. The van der Waals surface area contributed by atoms with Crippen LogP contribution in [0, 0.1) is 5.92 Å². The van der Waals surface area contributed by atoms with E-state index in [-0.39, 0.29) is 11.8 Å². The standard InChI is InChI=1S/C15H14N2O3/c1-9(16-17-14(18)10-6-7-10)12-8-11-4-2-3-5-13(11)20-15(12)19/h2-5,8,10H,6-7H2,1H3,(H,17,18)/b16-9-. The number of carbonyl (C=O) groups excluding carboxylic acids is 1. The predicted octanol–water partition coefficient (Wildman–Crippen LogP) is 2.04. The first-order valence-electron chi connectivity index (χ1n) is 6.52. The SMILES string of the molecule is C/C(=N/NC(=O)C1CC1)c1cc2ccccc2oc1=O. The van der Waals surface area contributed by atoms with E-state index < -0.39 is 5.63 Å². The van der Waals surface area contributed by atoms with E-state index in [1.807, 2.05) is 18.2 Å². The third-order valence-electron chi connectivity index (χ3n) is 3.31. The van der Waals surface area contributed by atoms with Crippen LogP contribution >= 0.6 is 0 Å². The largest absolute Gasteiger partial charge is 0.422 e. The zero-order valence-corrected chi connectivity index (χ0v) is 11.1. The van der Waals surface area contributed by atoms with E-state index in [2.05, 4.69) is 10.5 Å². The molecule has 1 aromatic carbocycles. The second kappa shape index (κ2) is 4.92. The zero-order valence-electron chi connectivity index (χ0n) is 11.1. The molecule has 1 saturated carbocycles. The first-order chi connectivity index (χ1) is 9.65. The van der Waals surface area contributed by atoms with Crippen molar-refractivity contribution in [2.45, 2.75) is 19.8 Å². The van der Waals surface area contributed by atoms with Gasteiger partial charge in [0.25, 0.3) is 0 Å². The highest BCUT2D eigenvalue weighted by Crippen LogP contribution is 2.28. The third-order valence-corrected chi connectivity index (χ3v) is 3.31. The van der Waals surface area contributed by atoms with Crippen LogP contribution in [-0.4, -0.2) is 11.6 Å². The molecule has 0 unspecified atom stereocenters. The number of hydrogen-bond acceptors (Lipinski definition) is 4. The molecule has 0 aliphatic heterocycles. The van der Waals surface area contributed by atoms with E-state index in [0.717, 1.165) is 18.2 Å². The highest BCUT2D eigenvalue weighted by Gasteiger charge is 2.29. The second-order valence-corrected chi connectivity index (χ2v) is 4.93. The molecule has 0 spiro atoms. The van der Waals surface area contributed by atoms with Crippen molar-refractivity contribution in [2.75, 3.05) is 0 Å². The number of hydrogen-bond donors (Lipinski definition) is 1. The van der Waals surface area contributed by atoms with Gasteiger partial charge >= 0.3 is 5.63 Å². The Morgan fingerprint density at radius 1 is 1.35 bits per heavy atom. The lowest BCUT2D eigenvalue weighted by atomic mass is 10.1. The highest BCUT2D eigenvalue weighted by molar-refractivity contribution is 6.01. The Hall–Kier alpha value is -2.43. The van der Waals surface area contributed by atoms with Crippen molar-refractivity contribution >= 4 is 22.6 Å². The summed E-state index contributed by atoms with van der Waals surface area (Å²) in [4.78, 5) is 23.4. The fourth-order valence-corrected chi connectivity index (χ4v) is 1.95. The predicted molar refractivity (Wildman–Crippen MR) is 75.6 cm³/mol. The number of nitrogens with zero attached hydrogens (tertiary/aromatic N) is 1. The van der Waals surface area contributed by atoms with E-state index in [0.29, 0.717) is 16.9 Å². The molecule has 20 heavy (non-hydrogen) atoms. The molecule has 1 aliphatic rings. The van der Waals surface area contributed by atoms with Crippen molar-refractivity contribution in [2.24, 2.45) is 11.0 Å². The molecule has 0 radical (unpaired) electrons. The van der Waals surface area contributed by atoms with Crippen LogP contribution in [0.4, 0.5) is 0 Å². The van der Waals surface area contributed by atoms with Crippen molar-refractivity contribution < 1.29 is 9.21 Å². The summed E-state index contributed by atoms with van der Waals surface area (Å²) in [7, 11) is 0. The smallest absolute Gasteiger partial charge is 0.345 e. The molecule has 5 heteroatoms. The first kappa shape index (κ1) is 12.6. The summed E-state index contributed by atoms with van der Waals surface area (Å²) < 4.78 is 5.23. The van der Waals surface area contributed by atoms with Gasteiger partial charge in [-0.25, -0.2) is 10.2 Å². The van der Waals surface area contributed by atoms with Crippen molar-refractivity contribution in [3.8, 4) is 0 Å². The Labute approximate surface area is 115 Å². The van der Waals surface area contributed by atoms with Gasteiger partial charge in [0.15, 0.2) is 0 Å². The van der Waals surface area contributed by atoms with Gasteiger partial charge in [-0.05, 0) is 31.9 Å². The number of nitrogens with one attached hydrogen (secondary N) is 1. The van der Waals surface area contributed by atoms with Crippen LogP contribution < -0.4 is 11.1 Å². The van der Waals surface area contributed by atoms with Gasteiger partial charge in [-0.1, -0.05) is 18.2 Å². The van der Waals surface area contributed by atoms with E-state index in [4.69, 9.17) is 4.42 Å². The molecule has 0 atom stereocenters. The quantitative estimate of drug-likeness (QED) is 0.527. The van der Waals surface area contributed by atoms with Crippen molar-refractivity contribution in [1.29, 1.82) is 0 Å². The van der Waals surface area contributed by atoms with Crippen LogP contribution in [0.5, 0.6) is 0 Å². The minimum atomic E-state index is -0.453. The van der Waals surface area contributed by atoms with Crippen molar-refractivity contribution in [3.63, 3.8) is 0 Å².